The third-order valence-electron chi connectivity index (χ3n) is 3.93. The van der Waals surface area contributed by atoms with Crippen molar-refractivity contribution in [2.45, 2.75) is 32.1 Å². The van der Waals surface area contributed by atoms with Crippen molar-refractivity contribution < 1.29 is 28.0 Å². The Labute approximate surface area is 164 Å². The first kappa shape index (κ1) is 21.8. The molecule has 150 valence electrons. The third-order valence-corrected chi connectivity index (χ3v) is 4.94. The number of carbonyl (C=O) groups excluding carboxylic acids is 1. The average Bonchev–Trinajstić information content (AvgIpc) is 2.51. The molecule has 27 heavy (non-hydrogen) atoms. The Kier molecular flexibility index (Phi) is 6.67. The molecule has 0 aromatic heterocycles. The Bertz CT molecular complexity index is 789. The van der Waals surface area contributed by atoms with Gasteiger partial charge >= 0.3 is 13.2 Å². The molecule has 0 atom stereocenters. The predicted molar refractivity (Wildman–Crippen MR) is 105 cm³/mol. The van der Waals surface area contributed by atoms with Crippen molar-refractivity contribution in [1.29, 1.82) is 0 Å². The Morgan fingerprint density at radius 1 is 1.19 bits per heavy atom. The minimum atomic E-state index is -3.78. The van der Waals surface area contributed by atoms with Crippen molar-refractivity contribution in [2.24, 2.45) is 0 Å². The molecule has 0 aliphatic carbocycles. The summed E-state index contributed by atoms with van der Waals surface area (Å²) in [6, 6.07) is 4.62. The summed E-state index contributed by atoms with van der Waals surface area (Å²) in [7, 11) is -0.195. The van der Waals surface area contributed by atoms with Crippen LogP contribution in [0.4, 0.5) is 10.5 Å². The lowest BCUT2D eigenvalue weighted by Gasteiger charge is -2.37. The van der Waals surface area contributed by atoms with Crippen LogP contribution in [0.5, 0.6) is 0 Å². The van der Waals surface area contributed by atoms with Gasteiger partial charge in [0.25, 0.3) is 0 Å². The molecule has 0 saturated carbocycles. The molecule has 1 aromatic carbocycles. The fraction of sp³-hybridized carbons (Fsp3) is 0.562. The van der Waals surface area contributed by atoms with Crippen LogP contribution >= 0.6 is 10.7 Å². The topological polar surface area (TPSA) is 107 Å². The zero-order valence-corrected chi connectivity index (χ0v) is 17.1. The zero-order valence-electron chi connectivity index (χ0n) is 15.6. The van der Waals surface area contributed by atoms with E-state index >= 15 is 0 Å². The highest BCUT2D eigenvalue weighted by Crippen LogP contribution is 2.21. The Balaban J connectivity index is 2.14. The minimum absolute atomic E-state index is 0.178. The standard InChI is InChI=1S/C16H24BClN2O6S/c1-16(2,3)26-15(21)20-6-4-19(5-7-20)14-9-12(11-27(18,24)25)8-13(10-14)17(22)23/h8-10,22-23H,4-7,11H2,1-3H3. The van der Waals surface area contributed by atoms with Crippen LogP contribution in [0.2, 0.25) is 0 Å². The second kappa shape index (κ2) is 8.26. The van der Waals surface area contributed by atoms with Crippen LogP contribution in [0, 0.1) is 0 Å². The van der Waals surface area contributed by atoms with Gasteiger partial charge in [0.1, 0.15) is 5.60 Å². The van der Waals surface area contributed by atoms with E-state index in [9.17, 15) is 23.3 Å². The lowest BCUT2D eigenvalue weighted by Crippen LogP contribution is -2.50. The Morgan fingerprint density at radius 3 is 2.26 bits per heavy atom. The van der Waals surface area contributed by atoms with Crippen molar-refractivity contribution in [3.63, 3.8) is 0 Å². The van der Waals surface area contributed by atoms with Crippen molar-refractivity contribution in [3.8, 4) is 0 Å². The van der Waals surface area contributed by atoms with Crippen molar-refractivity contribution >= 4 is 44.1 Å². The second-order valence-corrected chi connectivity index (χ2v) is 10.2. The minimum Gasteiger partial charge on any atom is -0.444 e. The number of benzene rings is 1. The number of amides is 1. The number of hydrogen-bond acceptors (Lipinski definition) is 7. The maximum atomic E-state index is 12.1. The van der Waals surface area contributed by atoms with Crippen LogP contribution < -0.4 is 10.4 Å². The normalized spacial score (nSPS) is 15.6. The van der Waals surface area contributed by atoms with E-state index < -0.39 is 27.5 Å². The lowest BCUT2D eigenvalue weighted by molar-refractivity contribution is 0.0240. The van der Waals surface area contributed by atoms with Crippen molar-refractivity contribution in [1.82, 2.24) is 4.90 Å². The van der Waals surface area contributed by atoms with Gasteiger partial charge in [0.05, 0.1) is 5.75 Å². The molecule has 0 radical (unpaired) electrons. The highest BCUT2D eigenvalue weighted by Gasteiger charge is 2.27. The summed E-state index contributed by atoms with van der Waals surface area (Å²) in [5.74, 6) is -0.417. The first-order chi connectivity index (χ1) is 12.3. The number of rotatable bonds is 4. The smallest absolute Gasteiger partial charge is 0.444 e. The molecule has 2 N–H and O–H groups in total. The van der Waals surface area contributed by atoms with E-state index in [2.05, 4.69) is 0 Å². The molecular weight excluding hydrogens is 395 g/mol. The fourth-order valence-electron chi connectivity index (χ4n) is 2.79. The highest BCUT2D eigenvalue weighted by atomic mass is 35.7. The van der Waals surface area contributed by atoms with Gasteiger partial charge in [-0.25, -0.2) is 13.2 Å². The number of anilines is 1. The third kappa shape index (κ3) is 6.88. The molecule has 11 heteroatoms. The molecule has 1 aliphatic rings. The number of carbonyl (C=O) groups is 1. The van der Waals surface area contributed by atoms with E-state index in [4.69, 9.17) is 15.4 Å². The molecule has 1 aliphatic heterocycles. The average molecular weight is 419 g/mol. The maximum absolute atomic E-state index is 12.1. The first-order valence-corrected chi connectivity index (χ1v) is 11.0. The molecular formula is C16H24BClN2O6S. The highest BCUT2D eigenvalue weighted by molar-refractivity contribution is 8.13. The molecule has 1 saturated heterocycles. The van der Waals surface area contributed by atoms with Crippen LogP contribution in [-0.4, -0.2) is 68.4 Å². The molecule has 1 fully saturated rings. The van der Waals surface area contributed by atoms with Crippen LogP contribution in [-0.2, 0) is 19.5 Å². The van der Waals surface area contributed by atoms with Gasteiger partial charge in [0, 0.05) is 42.5 Å². The Hall–Kier alpha value is -1.49. The molecule has 0 bridgehead atoms. The molecule has 1 heterocycles. The number of nitrogens with zero attached hydrogens (tertiary/aromatic N) is 2. The number of piperazine rings is 1. The number of halogens is 1. The summed E-state index contributed by atoms with van der Waals surface area (Å²) in [5.41, 5.74) is 0.610. The van der Waals surface area contributed by atoms with Crippen LogP contribution in [0.25, 0.3) is 0 Å². The molecule has 1 aromatic rings. The second-order valence-electron chi connectivity index (χ2n) is 7.44. The predicted octanol–water partition coefficient (Wildman–Crippen LogP) is 0.492. The van der Waals surface area contributed by atoms with Gasteiger partial charge in [-0.1, -0.05) is 6.07 Å². The van der Waals surface area contributed by atoms with Crippen LogP contribution in [0.3, 0.4) is 0 Å². The largest absolute Gasteiger partial charge is 0.488 e. The van der Waals surface area contributed by atoms with Crippen LogP contribution in [0.15, 0.2) is 18.2 Å². The van der Waals surface area contributed by atoms with Gasteiger partial charge in [-0.3, -0.25) is 0 Å². The molecule has 0 spiro atoms. The molecule has 8 nitrogen and oxygen atoms in total. The van der Waals surface area contributed by atoms with E-state index in [0.717, 1.165) is 0 Å². The fourth-order valence-corrected chi connectivity index (χ4v) is 3.73. The van der Waals surface area contributed by atoms with Gasteiger partial charge in [0.2, 0.25) is 9.05 Å². The van der Waals surface area contributed by atoms with E-state index in [0.29, 0.717) is 37.4 Å². The zero-order chi connectivity index (χ0) is 20.4. The first-order valence-electron chi connectivity index (χ1n) is 8.49. The molecule has 1 amide bonds. The van der Waals surface area contributed by atoms with Gasteiger partial charge in [-0.05, 0) is 43.9 Å². The SMILES string of the molecule is CC(C)(C)OC(=O)N1CCN(c2cc(CS(=O)(=O)Cl)cc(B(O)O)c2)CC1. The Morgan fingerprint density at radius 2 is 1.78 bits per heavy atom. The number of hydrogen-bond donors (Lipinski definition) is 2. The van der Waals surface area contributed by atoms with Gasteiger partial charge in [-0.2, -0.15) is 0 Å². The van der Waals surface area contributed by atoms with Crippen LogP contribution in [0.1, 0.15) is 26.3 Å². The summed E-state index contributed by atoms with van der Waals surface area (Å²) in [6.07, 6.45) is -0.379. The maximum Gasteiger partial charge on any atom is 0.488 e. The van der Waals surface area contributed by atoms with E-state index in [1.807, 2.05) is 4.90 Å². The summed E-state index contributed by atoms with van der Waals surface area (Å²) in [5, 5.41) is 19.0. The summed E-state index contributed by atoms with van der Waals surface area (Å²) < 4.78 is 28.1. The summed E-state index contributed by atoms with van der Waals surface area (Å²) >= 11 is 0. The summed E-state index contributed by atoms with van der Waals surface area (Å²) in [6.45, 7) is 7.28. The van der Waals surface area contributed by atoms with E-state index in [-0.39, 0.29) is 11.6 Å². The molecule has 2 rings (SSSR count). The van der Waals surface area contributed by atoms with Crippen molar-refractivity contribution in [2.75, 3.05) is 31.1 Å². The van der Waals surface area contributed by atoms with Gasteiger partial charge < -0.3 is 24.6 Å². The number of ether oxygens (including phenoxy) is 1. The monoisotopic (exact) mass is 418 g/mol. The van der Waals surface area contributed by atoms with Gasteiger partial charge in [-0.15, -0.1) is 0 Å². The summed E-state index contributed by atoms with van der Waals surface area (Å²) in [4.78, 5) is 15.7. The van der Waals surface area contributed by atoms with Gasteiger partial charge in [0.15, 0.2) is 0 Å². The quantitative estimate of drug-likeness (QED) is 0.541. The van der Waals surface area contributed by atoms with E-state index in [1.54, 1.807) is 37.8 Å². The lowest BCUT2D eigenvalue weighted by atomic mass is 9.79. The van der Waals surface area contributed by atoms with E-state index in [1.165, 1.54) is 6.07 Å². The van der Waals surface area contributed by atoms with Crippen molar-refractivity contribution in [3.05, 3.63) is 23.8 Å². The molecule has 0 unspecified atom stereocenters.